The van der Waals surface area contributed by atoms with Gasteiger partial charge >= 0.3 is 0 Å². The zero-order chi connectivity index (χ0) is 20.9. The lowest BCUT2D eigenvalue weighted by Crippen LogP contribution is -2.47. The zero-order valence-corrected chi connectivity index (χ0v) is 17.5. The number of thioether (sulfide) groups is 1. The van der Waals surface area contributed by atoms with Gasteiger partial charge < -0.3 is 15.2 Å². The Hall–Kier alpha value is -2.67. The van der Waals surface area contributed by atoms with Gasteiger partial charge in [0.05, 0.1) is 11.1 Å². The molecule has 2 rings (SSSR count). The molecule has 0 aliphatic heterocycles. The molecule has 1 heterocycles. The van der Waals surface area contributed by atoms with Crippen molar-refractivity contribution in [3.8, 4) is 29.9 Å². The lowest BCUT2D eigenvalue weighted by Gasteiger charge is -2.23. The number of nitrogens with zero attached hydrogens (tertiary/aromatic N) is 1. The Balaban J connectivity index is 2.25. The fourth-order valence-electron chi connectivity index (χ4n) is 2.21. The van der Waals surface area contributed by atoms with Crippen LogP contribution < -0.4 is 10.1 Å². The molecule has 0 saturated carbocycles. The van der Waals surface area contributed by atoms with Gasteiger partial charge in [0.2, 0.25) is 5.44 Å². The second-order valence-electron chi connectivity index (χ2n) is 7.33. The van der Waals surface area contributed by atoms with Gasteiger partial charge in [0.25, 0.3) is 5.91 Å². The van der Waals surface area contributed by atoms with Gasteiger partial charge in [-0.3, -0.25) is 9.78 Å². The normalized spacial score (nSPS) is 12.5. The van der Waals surface area contributed by atoms with E-state index < -0.39 is 16.6 Å². The number of aromatic nitrogens is 1. The molecule has 0 aliphatic rings. The summed E-state index contributed by atoms with van der Waals surface area (Å²) in [4.78, 5) is 16.8. The molecule has 1 unspecified atom stereocenters. The maximum Gasteiger partial charge on any atom is 0.272 e. The number of hydrogen-bond donors (Lipinski definition) is 2. The summed E-state index contributed by atoms with van der Waals surface area (Å²) in [6.07, 6.45) is 8.88. The maximum absolute atomic E-state index is 12.4. The van der Waals surface area contributed by atoms with E-state index in [1.165, 1.54) is 11.8 Å². The van der Waals surface area contributed by atoms with Crippen LogP contribution in [0.4, 0.5) is 0 Å². The number of nitrogens with one attached hydrogen (secondary N) is 1. The van der Waals surface area contributed by atoms with Crippen molar-refractivity contribution in [2.45, 2.75) is 44.3 Å². The molecule has 1 atom stereocenters. The lowest BCUT2D eigenvalue weighted by atomic mass is 10.1. The second kappa shape index (κ2) is 8.56. The van der Waals surface area contributed by atoms with Crippen molar-refractivity contribution in [3.05, 3.63) is 36.0 Å². The summed E-state index contributed by atoms with van der Waals surface area (Å²) >= 11 is 1.27. The summed E-state index contributed by atoms with van der Waals surface area (Å²) in [6, 6.07) is 7.25. The minimum atomic E-state index is -1.08. The minimum absolute atomic E-state index is 0.293. The molecule has 2 aromatic rings. The van der Waals surface area contributed by atoms with E-state index in [0.717, 1.165) is 10.9 Å². The summed E-state index contributed by atoms with van der Waals surface area (Å²) in [6.45, 7) is 6.74. The molecule has 0 saturated heterocycles. The lowest BCUT2D eigenvalue weighted by molar-refractivity contribution is -0.125. The van der Waals surface area contributed by atoms with Crippen LogP contribution in [0.5, 0.6) is 5.75 Å². The van der Waals surface area contributed by atoms with E-state index in [9.17, 15) is 9.90 Å². The number of pyridine rings is 1. The van der Waals surface area contributed by atoms with Crippen LogP contribution in [-0.2, 0) is 4.79 Å². The van der Waals surface area contributed by atoms with Gasteiger partial charge in [-0.1, -0.05) is 17.8 Å². The molecule has 1 aromatic heterocycles. The van der Waals surface area contributed by atoms with Crippen LogP contribution in [0.15, 0.2) is 30.5 Å². The Morgan fingerprint density at radius 1 is 1.32 bits per heavy atom. The monoisotopic (exact) mass is 396 g/mol. The highest BCUT2D eigenvalue weighted by Crippen LogP contribution is 2.23. The molecular weight excluding hydrogens is 372 g/mol. The summed E-state index contributed by atoms with van der Waals surface area (Å²) < 4.78 is 5.86. The number of ether oxygens (including phenoxy) is 1. The third kappa shape index (κ3) is 6.20. The fraction of sp³-hybridized carbons (Fsp3) is 0.364. The second-order valence-corrected chi connectivity index (χ2v) is 8.23. The largest absolute Gasteiger partial charge is 0.470 e. The quantitative estimate of drug-likeness (QED) is 0.601. The van der Waals surface area contributed by atoms with Crippen molar-refractivity contribution in [1.82, 2.24) is 10.3 Å². The molecule has 146 valence electrons. The van der Waals surface area contributed by atoms with Gasteiger partial charge in [0, 0.05) is 17.1 Å². The summed E-state index contributed by atoms with van der Waals surface area (Å²) in [7, 11) is 0. The first kappa shape index (κ1) is 21.6. The SMILES string of the molecule is C#CC(C)(C)NC(=O)C(Oc1ccc2ncc(C#CC(C)(C)O)cc2c1)SC. The Bertz CT molecular complexity index is 975. The molecule has 0 bridgehead atoms. The van der Waals surface area contributed by atoms with E-state index in [1.807, 2.05) is 12.1 Å². The highest BCUT2D eigenvalue weighted by atomic mass is 32.2. The Morgan fingerprint density at radius 3 is 2.64 bits per heavy atom. The standard InChI is InChI=1S/C22H24N2O3S/c1-7-21(2,3)24-19(25)20(28-6)27-17-8-9-18-16(13-17)12-15(14-23-18)10-11-22(4,5)26/h1,8-9,12-14,20,26H,2-6H3,(H,24,25). The Labute approximate surface area is 170 Å². The van der Waals surface area contributed by atoms with Gasteiger partial charge in [-0.25, -0.2) is 0 Å². The van der Waals surface area contributed by atoms with Crippen LogP contribution in [0.2, 0.25) is 0 Å². The average molecular weight is 397 g/mol. The van der Waals surface area contributed by atoms with Gasteiger partial charge in [0.1, 0.15) is 11.4 Å². The highest BCUT2D eigenvalue weighted by Gasteiger charge is 2.25. The predicted molar refractivity (Wildman–Crippen MR) is 114 cm³/mol. The summed E-state index contributed by atoms with van der Waals surface area (Å²) in [5, 5.41) is 13.3. The van der Waals surface area contributed by atoms with Crippen molar-refractivity contribution in [2.75, 3.05) is 6.26 Å². The van der Waals surface area contributed by atoms with Crippen LogP contribution in [0.25, 0.3) is 10.9 Å². The number of carbonyl (C=O) groups excluding carboxylic acids is 1. The average Bonchev–Trinajstić information content (AvgIpc) is 2.63. The predicted octanol–water partition coefficient (Wildman–Crippen LogP) is 2.95. The number of hydrogen-bond acceptors (Lipinski definition) is 5. The van der Waals surface area contributed by atoms with E-state index in [4.69, 9.17) is 11.2 Å². The van der Waals surface area contributed by atoms with Crippen molar-refractivity contribution in [1.29, 1.82) is 0 Å². The topological polar surface area (TPSA) is 71.5 Å². The molecule has 0 aliphatic carbocycles. The molecule has 0 radical (unpaired) electrons. The molecule has 2 N–H and O–H groups in total. The van der Waals surface area contributed by atoms with Crippen LogP contribution >= 0.6 is 11.8 Å². The van der Waals surface area contributed by atoms with Crippen molar-refractivity contribution in [2.24, 2.45) is 0 Å². The van der Waals surface area contributed by atoms with E-state index in [0.29, 0.717) is 11.3 Å². The maximum atomic E-state index is 12.4. The number of rotatable bonds is 5. The molecule has 28 heavy (non-hydrogen) atoms. The zero-order valence-electron chi connectivity index (χ0n) is 16.7. The van der Waals surface area contributed by atoms with Crippen molar-refractivity contribution in [3.63, 3.8) is 0 Å². The summed E-state index contributed by atoms with van der Waals surface area (Å²) in [5.74, 6) is 8.45. The van der Waals surface area contributed by atoms with E-state index in [2.05, 4.69) is 28.1 Å². The first-order valence-electron chi connectivity index (χ1n) is 8.67. The third-order valence-electron chi connectivity index (χ3n) is 3.63. The molecule has 0 fully saturated rings. The van der Waals surface area contributed by atoms with E-state index in [-0.39, 0.29) is 5.91 Å². The van der Waals surface area contributed by atoms with Gasteiger partial charge in [0.15, 0.2) is 0 Å². The molecule has 1 amide bonds. The van der Waals surface area contributed by atoms with Crippen LogP contribution in [0.3, 0.4) is 0 Å². The van der Waals surface area contributed by atoms with Crippen LogP contribution in [0.1, 0.15) is 33.3 Å². The number of benzene rings is 1. The number of aliphatic hydroxyl groups is 1. The third-order valence-corrected chi connectivity index (χ3v) is 4.37. The van der Waals surface area contributed by atoms with Gasteiger partial charge in [-0.15, -0.1) is 18.2 Å². The van der Waals surface area contributed by atoms with Crippen LogP contribution in [-0.4, -0.2) is 38.8 Å². The highest BCUT2D eigenvalue weighted by molar-refractivity contribution is 7.99. The van der Waals surface area contributed by atoms with Crippen molar-refractivity contribution < 1.29 is 14.6 Å². The Morgan fingerprint density at radius 2 is 2.04 bits per heavy atom. The fourth-order valence-corrected chi connectivity index (χ4v) is 2.69. The molecule has 0 spiro atoms. The van der Waals surface area contributed by atoms with Crippen LogP contribution in [0, 0.1) is 24.2 Å². The number of carbonyl (C=O) groups is 1. The molecular formula is C22H24N2O3S. The smallest absolute Gasteiger partial charge is 0.272 e. The molecule has 5 nitrogen and oxygen atoms in total. The number of terminal acetylenes is 1. The van der Waals surface area contributed by atoms with E-state index in [1.54, 1.807) is 52.3 Å². The van der Waals surface area contributed by atoms with Crippen molar-refractivity contribution >= 4 is 28.6 Å². The van der Waals surface area contributed by atoms with Gasteiger partial charge in [-0.05, 0) is 58.2 Å². The number of fused-ring (bicyclic) bond motifs is 1. The molecule has 1 aromatic carbocycles. The molecule has 6 heteroatoms. The Kier molecular flexibility index (Phi) is 6.61. The first-order valence-corrected chi connectivity index (χ1v) is 9.96. The van der Waals surface area contributed by atoms with Gasteiger partial charge in [-0.2, -0.15) is 0 Å². The van der Waals surface area contributed by atoms with E-state index >= 15 is 0 Å². The summed E-state index contributed by atoms with van der Waals surface area (Å²) in [5.41, 5.74) is -1.11. The first-order chi connectivity index (χ1) is 13.0. The minimum Gasteiger partial charge on any atom is -0.470 e. The number of amides is 1.